The Hall–Kier alpha value is -0.860. The van der Waals surface area contributed by atoms with E-state index < -0.39 is 0 Å². The smallest absolute Gasteiger partial charge is 0.0263 e. The Balaban J connectivity index is 1.69. The van der Waals surface area contributed by atoms with Crippen molar-refractivity contribution in [2.45, 2.75) is 37.6 Å². The molecule has 1 aromatic rings. The zero-order valence-corrected chi connectivity index (χ0v) is 11.1. The van der Waals surface area contributed by atoms with Crippen LogP contribution in [0.2, 0.25) is 0 Å². The highest BCUT2D eigenvalue weighted by atomic mass is 15.2. The van der Waals surface area contributed by atoms with E-state index in [-0.39, 0.29) is 0 Å². The highest BCUT2D eigenvalue weighted by Gasteiger charge is 2.28. The molecule has 2 atom stereocenters. The van der Waals surface area contributed by atoms with Gasteiger partial charge >= 0.3 is 0 Å². The van der Waals surface area contributed by atoms with Crippen molar-refractivity contribution in [2.24, 2.45) is 0 Å². The third-order valence-electron chi connectivity index (χ3n) is 4.47. The molecule has 2 fully saturated rings. The van der Waals surface area contributed by atoms with Crippen molar-refractivity contribution in [1.82, 2.24) is 10.2 Å². The molecule has 2 nitrogen and oxygen atoms in total. The molecule has 0 unspecified atom stereocenters. The van der Waals surface area contributed by atoms with E-state index in [1.165, 1.54) is 57.4 Å². The summed E-state index contributed by atoms with van der Waals surface area (Å²) in [4.78, 5) is 2.64. The Morgan fingerprint density at radius 2 is 1.83 bits per heavy atom. The van der Waals surface area contributed by atoms with Crippen molar-refractivity contribution >= 4 is 0 Å². The zero-order chi connectivity index (χ0) is 12.2. The van der Waals surface area contributed by atoms with E-state index in [2.05, 4.69) is 40.5 Å². The molecule has 0 aliphatic carbocycles. The summed E-state index contributed by atoms with van der Waals surface area (Å²) < 4.78 is 0. The largest absolute Gasteiger partial charge is 0.312 e. The van der Waals surface area contributed by atoms with E-state index in [9.17, 15) is 0 Å². The lowest BCUT2D eigenvalue weighted by molar-refractivity contribution is 0.242. The van der Waals surface area contributed by atoms with Crippen molar-refractivity contribution in [1.29, 1.82) is 0 Å². The summed E-state index contributed by atoms with van der Waals surface area (Å²) in [7, 11) is 0. The van der Waals surface area contributed by atoms with Crippen LogP contribution in [0, 0.1) is 0 Å². The fraction of sp³-hybridized carbons (Fsp3) is 0.625. The number of nitrogens with zero attached hydrogens (tertiary/aromatic N) is 1. The van der Waals surface area contributed by atoms with Gasteiger partial charge in [0.05, 0.1) is 0 Å². The van der Waals surface area contributed by atoms with Crippen molar-refractivity contribution in [2.75, 3.05) is 26.2 Å². The van der Waals surface area contributed by atoms with E-state index in [1.54, 1.807) is 0 Å². The summed E-state index contributed by atoms with van der Waals surface area (Å²) in [5, 5.41) is 3.75. The van der Waals surface area contributed by atoms with Crippen LogP contribution in [0.15, 0.2) is 30.3 Å². The molecule has 2 aliphatic heterocycles. The Bertz CT molecular complexity index is 357. The Morgan fingerprint density at radius 3 is 2.61 bits per heavy atom. The first-order valence-corrected chi connectivity index (χ1v) is 7.44. The summed E-state index contributed by atoms with van der Waals surface area (Å²) in [6.07, 6.45) is 5.44. The molecule has 0 aromatic heterocycles. The fourth-order valence-electron chi connectivity index (χ4n) is 3.49. The number of rotatable bonds is 3. The van der Waals surface area contributed by atoms with Gasteiger partial charge in [0.25, 0.3) is 0 Å². The predicted octanol–water partition coefficient (Wildman–Crippen LogP) is 2.62. The van der Waals surface area contributed by atoms with Gasteiger partial charge in [-0.05, 0) is 50.9 Å². The summed E-state index contributed by atoms with van der Waals surface area (Å²) in [6.45, 7) is 5.04. The molecule has 0 amide bonds. The van der Waals surface area contributed by atoms with Crippen LogP contribution in [-0.2, 0) is 0 Å². The molecular formula is C16H24N2. The molecule has 3 rings (SSSR count). The number of benzene rings is 1. The zero-order valence-electron chi connectivity index (χ0n) is 11.1. The number of nitrogens with one attached hydrogen (secondary N) is 1. The van der Waals surface area contributed by atoms with Gasteiger partial charge in [-0.25, -0.2) is 0 Å². The van der Waals surface area contributed by atoms with E-state index in [0.717, 1.165) is 0 Å². The molecule has 2 heteroatoms. The fourth-order valence-corrected chi connectivity index (χ4v) is 3.49. The van der Waals surface area contributed by atoms with Gasteiger partial charge in [-0.15, -0.1) is 0 Å². The van der Waals surface area contributed by atoms with E-state index in [1.807, 2.05) is 0 Å². The SMILES string of the molecule is c1ccc([C@H]2CCCN[C@H]2CN2CCCC2)cc1. The maximum atomic E-state index is 3.75. The molecule has 0 spiro atoms. The number of piperidine rings is 1. The summed E-state index contributed by atoms with van der Waals surface area (Å²) in [5.41, 5.74) is 1.52. The van der Waals surface area contributed by atoms with Gasteiger partial charge in [-0.1, -0.05) is 30.3 Å². The highest BCUT2D eigenvalue weighted by Crippen LogP contribution is 2.28. The predicted molar refractivity (Wildman–Crippen MR) is 75.9 cm³/mol. The van der Waals surface area contributed by atoms with Gasteiger partial charge in [-0.2, -0.15) is 0 Å². The van der Waals surface area contributed by atoms with Gasteiger partial charge in [0.2, 0.25) is 0 Å². The quantitative estimate of drug-likeness (QED) is 0.879. The monoisotopic (exact) mass is 244 g/mol. The van der Waals surface area contributed by atoms with Crippen LogP contribution in [0.5, 0.6) is 0 Å². The lowest BCUT2D eigenvalue weighted by Crippen LogP contribution is -2.47. The first-order valence-electron chi connectivity index (χ1n) is 7.44. The molecule has 0 bridgehead atoms. The van der Waals surface area contributed by atoms with Crippen LogP contribution < -0.4 is 5.32 Å². The van der Waals surface area contributed by atoms with Crippen LogP contribution in [-0.4, -0.2) is 37.1 Å². The molecule has 0 saturated carbocycles. The topological polar surface area (TPSA) is 15.3 Å². The van der Waals surface area contributed by atoms with Crippen LogP contribution in [0.4, 0.5) is 0 Å². The molecule has 18 heavy (non-hydrogen) atoms. The van der Waals surface area contributed by atoms with Crippen LogP contribution in [0.3, 0.4) is 0 Å². The number of hydrogen-bond acceptors (Lipinski definition) is 2. The second-order valence-corrected chi connectivity index (χ2v) is 5.73. The Morgan fingerprint density at radius 1 is 1.06 bits per heavy atom. The molecule has 1 aromatic carbocycles. The number of hydrogen-bond donors (Lipinski definition) is 1. The van der Waals surface area contributed by atoms with Crippen molar-refractivity contribution in [3.05, 3.63) is 35.9 Å². The van der Waals surface area contributed by atoms with Gasteiger partial charge in [0, 0.05) is 18.5 Å². The normalized spacial score (nSPS) is 29.6. The maximum Gasteiger partial charge on any atom is 0.0263 e. The molecule has 0 radical (unpaired) electrons. The molecule has 2 saturated heterocycles. The summed E-state index contributed by atoms with van der Waals surface area (Å²) in [6, 6.07) is 11.7. The van der Waals surface area contributed by atoms with Crippen molar-refractivity contribution < 1.29 is 0 Å². The van der Waals surface area contributed by atoms with E-state index in [4.69, 9.17) is 0 Å². The standard InChI is InChI=1S/C16H24N2/c1-2-7-14(8-3-1)15-9-6-10-17-16(15)13-18-11-4-5-12-18/h1-3,7-8,15-17H,4-6,9-13H2/t15-,16+/m1/s1. The molecule has 2 heterocycles. The van der Waals surface area contributed by atoms with Crippen molar-refractivity contribution in [3.63, 3.8) is 0 Å². The van der Waals surface area contributed by atoms with Gasteiger partial charge < -0.3 is 10.2 Å². The second-order valence-electron chi connectivity index (χ2n) is 5.73. The first-order chi connectivity index (χ1) is 8.93. The molecule has 1 N–H and O–H groups in total. The van der Waals surface area contributed by atoms with Crippen molar-refractivity contribution in [3.8, 4) is 0 Å². The minimum absolute atomic E-state index is 0.652. The molecular weight excluding hydrogens is 220 g/mol. The minimum atomic E-state index is 0.652. The lowest BCUT2D eigenvalue weighted by atomic mass is 9.84. The van der Waals surface area contributed by atoms with Gasteiger partial charge in [-0.3, -0.25) is 0 Å². The van der Waals surface area contributed by atoms with Crippen LogP contribution in [0.25, 0.3) is 0 Å². The van der Waals surface area contributed by atoms with Gasteiger partial charge in [0.1, 0.15) is 0 Å². The average Bonchev–Trinajstić information content (AvgIpc) is 2.93. The maximum absolute atomic E-state index is 3.75. The van der Waals surface area contributed by atoms with Crippen LogP contribution >= 0.6 is 0 Å². The Labute approximate surface area is 110 Å². The summed E-state index contributed by atoms with van der Waals surface area (Å²) in [5.74, 6) is 0.709. The average molecular weight is 244 g/mol. The van der Waals surface area contributed by atoms with Crippen LogP contribution in [0.1, 0.15) is 37.2 Å². The third-order valence-corrected chi connectivity index (χ3v) is 4.47. The molecule has 98 valence electrons. The van der Waals surface area contributed by atoms with E-state index >= 15 is 0 Å². The Kier molecular flexibility index (Phi) is 3.96. The third kappa shape index (κ3) is 2.76. The van der Waals surface area contributed by atoms with E-state index in [0.29, 0.717) is 12.0 Å². The molecule has 2 aliphatic rings. The first kappa shape index (κ1) is 12.2. The summed E-state index contributed by atoms with van der Waals surface area (Å²) >= 11 is 0. The minimum Gasteiger partial charge on any atom is -0.312 e. The van der Waals surface area contributed by atoms with Gasteiger partial charge in [0.15, 0.2) is 0 Å². The highest BCUT2D eigenvalue weighted by molar-refractivity contribution is 5.22. The second kappa shape index (κ2) is 5.85. The lowest BCUT2D eigenvalue weighted by Gasteiger charge is -2.35. The number of likely N-dealkylation sites (tertiary alicyclic amines) is 1.